The van der Waals surface area contributed by atoms with Gasteiger partial charge in [-0.3, -0.25) is 0 Å². The third kappa shape index (κ3) is 1.57. The summed E-state index contributed by atoms with van der Waals surface area (Å²) in [6.07, 6.45) is 1.44. The summed E-state index contributed by atoms with van der Waals surface area (Å²) in [7, 11) is 0. The maximum Gasteiger partial charge on any atom is 0.127 e. The van der Waals surface area contributed by atoms with Gasteiger partial charge >= 0.3 is 0 Å². The number of nitrogens with zero attached hydrogens (tertiary/aromatic N) is 2. The van der Waals surface area contributed by atoms with Crippen LogP contribution in [-0.2, 0) is 0 Å². The molecular formula is C8H13N3O2. The van der Waals surface area contributed by atoms with Gasteiger partial charge in [0.15, 0.2) is 0 Å². The van der Waals surface area contributed by atoms with Gasteiger partial charge in [-0.25, -0.2) is 4.63 Å². The van der Waals surface area contributed by atoms with Crippen molar-refractivity contribution in [2.75, 3.05) is 6.54 Å². The fraction of sp³-hybridized carbons (Fsp3) is 0.750. The van der Waals surface area contributed by atoms with E-state index >= 15 is 0 Å². The van der Waals surface area contributed by atoms with Crippen molar-refractivity contribution < 1.29 is 9.74 Å². The fourth-order valence-electron chi connectivity index (χ4n) is 1.67. The van der Waals surface area contributed by atoms with Crippen molar-refractivity contribution in [1.29, 1.82) is 0 Å². The minimum atomic E-state index is -0.376. The Balaban J connectivity index is 2.19. The average Bonchev–Trinajstić information content (AvgIpc) is 2.52. The molecule has 5 heteroatoms. The fourth-order valence-corrected chi connectivity index (χ4v) is 1.67. The quantitative estimate of drug-likeness (QED) is 0.649. The van der Waals surface area contributed by atoms with E-state index in [1.165, 1.54) is 0 Å². The van der Waals surface area contributed by atoms with E-state index in [9.17, 15) is 5.11 Å². The second-order valence-corrected chi connectivity index (χ2v) is 3.38. The molecular weight excluding hydrogens is 170 g/mol. The van der Waals surface area contributed by atoms with Crippen molar-refractivity contribution in [3.63, 3.8) is 0 Å². The van der Waals surface area contributed by atoms with Gasteiger partial charge < -0.3 is 10.4 Å². The van der Waals surface area contributed by atoms with Gasteiger partial charge in [0.2, 0.25) is 0 Å². The first-order chi connectivity index (χ1) is 6.29. The predicted molar refractivity (Wildman–Crippen MR) is 45.0 cm³/mol. The zero-order chi connectivity index (χ0) is 9.26. The zero-order valence-electron chi connectivity index (χ0n) is 7.53. The van der Waals surface area contributed by atoms with Crippen LogP contribution in [0.15, 0.2) is 4.63 Å². The third-order valence-corrected chi connectivity index (χ3v) is 2.41. The lowest BCUT2D eigenvalue weighted by molar-refractivity contribution is 0.0926. The van der Waals surface area contributed by atoms with E-state index in [0.29, 0.717) is 0 Å². The van der Waals surface area contributed by atoms with Crippen LogP contribution in [0, 0.1) is 6.92 Å². The van der Waals surface area contributed by atoms with E-state index in [4.69, 9.17) is 0 Å². The SMILES string of the molecule is Cc1nonc1C1NCCCC1O. The summed E-state index contributed by atoms with van der Waals surface area (Å²) in [6.45, 7) is 2.74. The molecule has 1 aromatic rings. The van der Waals surface area contributed by atoms with Gasteiger partial charge in [-0.05, 0) is 26.3 Å². The monoisotopic (exact) mass is 183 g/mol. The van der Waals surface area contributed by atoms with E-state index in [0.717, 1.165) is 30.8 Å². The lowest BCUT2D eigenvalue weighted by atomic mass is 9.98. The first-order valence-corrected chi connectivity index (χ1v) is 4.49. The third-order valence-electron chi connectivity index (χ3n) is 2.41. The second-order valence-electron chi connectivity index (χ2n) is 3.38. The summed E-state index contributed by atoms with van der Waals surface area (Å²) in [6, 6.07) is -0.111. The zero-order valence-corrected chi connectivity index (χ0v) is 7.53. The molecule has 0 spiro atoms. The van der Waals surface area contributed by atoms with Gasteiger partial charge in [0.05, 0.1) is 12.1 Å². The van der Waals surface area contributed by atoms with Gasteiger partial charge in [-0.2, -0.15) is 0 Å². The highest BCUT2D eigenvalue weighted by molar-refractivity contribution is 5.13. The first kappa shape index (κ1) is 8.65. The molecule has 0 aromatic carbocycles. The number of aliphatic hydroxyl groups excluding tert-OH is 1. The number of piperidine rings is 1. The Morgan fingerprint density at radius 3 is 3.00 bits per heavy atom. The molecule has 2 heterocycles. The molecule has 5 nitrogen and oxygen atoms in total. The Hall–Kier alpha value is -0.940. The van der Waals surface area contributed by atoms with Gasteiger partial charge in [0, 0.05) is 0 Å². The largest absolute Gasteiger partial charge is 0.391 e. The van der Waals surface area contributed by atoms with Gasteiger partial charge in [0.1, 0.15) is 11.4 Å². The number of aromatic nitrogens is 2. The summed E-state index contributed by atoms with van der Waals surface area (Å²) in [5, 5.41) is 20.4. The second kappa shape index (κ2) is 3.43. The van der Waals surface area contributed by atoms with Crippen molar-refractivity contribution in [2.45, 2.75) is 31.9 Å². The van der Waals surface area contributed by atoms with Crippen LogP contribution in [0.2, 0.25) is 0 Å². The Morgan fingerprint density at radius 1 is 1.54 bits per heavy atom. The molecule has 2 rings (SSSR count). The van der Waals surface area contributed by atoms with Crippen molar-refractivity contribution in [3.8, 4) is 0 Å². The van der Waals surface area contributed by atoms with Crippen molar-refractivity contribution >= 4 is 0 Å². The molecule has 2 unspecified atom stereocenters. The molecule has 72 valence electrons. The Labute approximate surface area is 76.1 Å². The lowest BCUT2D eigenvalue weighted by Crippen LogP contribution is -2.38. The van der Waals surface area contributed by atoms with E-state index < -0.39 is 0 Å². The molecule has 1 saturated heterocycles. The minimum Gasteiger partial charge on any atom is -0.391 e. The number of hydrogen-bond acceptors (Lipinski definition) is 5. The van der Waals surface area contributed by atoms with E-state index in [2.05, 4.69) is 20.3 Å². The lowest BCUT2D eigenvalue weighted by Gasteiger charge is -2.27. The molecule has 0 radical (unpaired) electrons. The average molecular weight is 183 g/mol. The summed E-state index contributed by atoms with van der Waals surface area (Å²) >= 11 is 0. The smallest absolute Gasteiger partial charge is 0.127 e. The number of nitrogens with one attached hydrogen (secondary N) is 1. The number of rotatable bonds is 1. The van der Waals surface area contributed by atoms with Crippen LogP contribution in [0.1, 0.15) is 30.3 Å². The van der Waals surface area contributed by atoms with Crippen LogP contribution < -0.4 is 5.32 Å². The van der Waals surface area contributed by atoms with Crippen LogP contribution in [0.5, 0.6) is 0 Å². The highest BCUT2D eigenvalue weighted by Gasteiger charge is 2.28. The molecule has 1 aromatic heterocycles. The van der Waals surface area contributed by atoms with Crippen molar-refractivity contribution in [1.82, 2.24) is 15.6 Å². The van der Waals surface area contributed by atoms with E-state index in [-0.39, 0.29) is 12.1 Å². The summed E-state index contributed by atoms with van der Waals surface area (Å²) in [4.78, 5) is 0. The molecule has 0 bridgehead atoms. The van der Waals surface area contributed by atoms with Gasteiger partial charge in [-0.1, -0.05) is 10.3 Å². The Bertz CT molecular complexity index is 287. The molecule has 0 saturated carbocycles. The molecule has 2 N–H and O–H groups in total. The maximum absolute atomic E-state index is 9.69. The Kier molecular flexibility index (Phi) is 2.28. The van der Waals surface area contributed by atoms with Crippen molar-refractivity contribution in [3.05, 3.63) is 11.4 Å². The molecule has 1 aliphatic rings. The maximum atomic E-state index is 9.69. The molecule has 0 aliphatic carbocycles. The topological polar surface area (TPSA) is 71.2 Å². The van der Waals surface area contributed by atoms with Crippen LogP contribution >= 0.6 is 0 Å². The normalized spacial score (nSPS) is 29.1. The molecule has 1 fully saturated rings. The highest BCUT2D eigenvalue weighted by Crippen LogP contribution is 2.23. The minimum absolute atomic E-state index is 0.111. The van der Waals surface area contributed by atoms with E-state index in [1.54, 1.807) is 0 Å². The molecule has 1 aliphatic heterocycles. The van der Waals surface area contributed by atoms with Crippen LogP contribution in [-0.4, -0.2) is 28.1 Å². The first-order valence-electron chi connectivity index (χ1n) is 4.49. The predicted octanol–water partition coefficient (Wildman–Crippen LogP) is 0.163. The number of hydrogen-bond donors (Lipinski definition) is 2. The van der Waals surface area contributed by atoms with Gasteiger partial charge in [-0.15, -0.1) is 0 Å². The van der Waals surface area contributed by atoms with E-state index in [1.807, 2.05) is 6.92 Å². The molecule has 2 atom stereocenters. The summed E-state index contributed by atoms with van der Waals surface area (Å²) in [5.41, 5.74) is 1.48. The Morgan fingerprint density at radius 2 is 2.38 bits per heavy atom. The number of aliphatic hydroxyl groups is 1. The van der Waals surface area contributed by atoms with Crippen LogP contribution in [0.25, 0.3) is 0 Å². The summed E-state index contributed by atoms with van der Waals surface area (Å²) in [5.74, 6) is 0. The van der Waals surface area contributed by atoms with Crippen LogP contribution in [0.4, 0.5) is 0 Å². The van der Waals surface area contributed by atoms with Crippen molar-refractivity contribution in [2.24, 2.45) is 0 Å². The highest BCUT2D eigenvalue weighted by atomic mass is 16.6. The number of aryl methyl sites for hydroxylation is 1. The summed E-state index contributed by atoms with van der Waals surface area (Å²) < 4.78 is 4.60. The molecule has 0 amide bonds. The van der Waals surface area contributed by atoms with Gasteiger partial charge in [0.25, 0.3) is 0 Å². The standard InChI is InChI=1S/C8H13N3O2/c1-5-7(11-13-10-5)8-6(12)3-2-4-9-8/h6,8-9,12H,2-4H2,1H3. The molecule has 13 heavy (non-hydrogen) atoms. The van der Waals surface area contributed by atoms with Crippen LogP contribution in [0.3, 0.4) is 0 Å².